The molecule has 0 aromatic heterocycles. The molecule has 2 heterocycles. The molecular weight excluding hydrogens is 234 g/mol. The van der Waals surface area contributed by atoms with E-state index in [-0.39, 0.29) is 11.9 Å². The van der Waals surface area contributed by atoms with Crippen LogP contribution in [0.3, 0.4) is 0 Å². The van der Waals surface area contributed by atoms with Gasteiger partial charge in [-0.25, -0.2) is 4.99 Å². The standard InChI is InChI=1S/C12H19N3OS/c16-10-9(4-3-7-13-10)14-11-15-12(8-17-11)5-1-2-6-12/h9H,1-8H2,(H,13,16)(H,14,15). The molecule has 1 atom stereocenters. The predicted molar refractivity (Wildman–Crippen MR) is 70.3 cm³/mol. The van der Waals surface area contributed by atoms with Crippen LogP contribution in [0.5, 0.6) is 0 Å². The Morgan fingerprint density at radius 3 is 2.88 bits per heavy atom. The molecule has 17 heavy (non-hydrogen) atoms. The van der Waals surface area contributed by atoms with Crippen molar-refractivity contribution in [2.24, 2.45) is 4.99 Å². The summed E-state index contributed by atoms with van der Waals surface area (Å²) in [6.45, 7) is 0.810. The topological polar surface area (TPSA) is 53.5 Å². The molecule has 0 bridgehead atoms. The van der Waals surface area contributed by atoms with Crippen LogP contribution < -0.4 is 10.6 Å². The van der Waals surface area contributed by atoms with Gasteiger partial charge in [-0.3, -0.25) is 4.79 Å². The molecule has 0 aromatic carbocycles. The van der Waals surface area contributed by atoms with Gasteiger partial charge in [-0.1, -0.05) is 24.6 Å². The molecule has 2 saturated heterocycles. The second-order valence-corrected chi connectivity index (χ2v) is 6.25. The zero-order valence-electron chi connectivity index (χ0n) is 10.00. The van der Waals surface area contributed by atoms with Gasteiger partial charge in [0.25, 0.3) is 0 Å². The lowest BCUT2D eigenvalue weighted by atomic mass is 10.0. The molecule has 3 fully saturated rings. The third-order valence-corrected chi connectivity index (χ3v) is 5.13. The van der Waals surface area contributed by atoms with Gasteiger partial charge in [-0.15, -0.1) is 0 Å². The van der Waals surface area contributed by atoms with Gasteiger partial charge in [-0.2, -0.15) is 0 Å². The van der Waals surface area contributed by atoms with E-state index in [1.807, 2.05) is 0 Å². The number of piperidine rings is 1. The molecule has 5 heteroatoms. The summed E-state index contributed by atoms with van der Waals surface area (Å²) in [6, 6.07) is -0.157. The molecule has 1 aliphatic carbocycles. The second kappa shape index (κ2) is 4.52. The smallest absolute Gasteiger partial charge is 0.244 e. The maximum Gasteiger partial charge on any atom is 0.244 e. The van der Waals surface area contributed by atoms with E-state index in [9.17, 15) is 4.79 Å². The second-order valence-electron chi connectivity index (χ2n) is 5.28. The van der Waals surface area contributed by atoms with E-state index in [1.165, 1.54) is 25.7 Å². The number of amides is 1. The SMILES string of the molecule is O=C1NCCCC1N=C1NC2(CCCC2)CS1. The number of hydrogen-bond acceptors (Lipinski definition) is 3. The predicted octanol–water partition coefficient (Wildman–Crippen LogP) is 1.27. The van der Waals surface area contributed by atoms with Gasteiger partial charge >= 0.3 is 0 Å². The zero-order chi connectivity index (χ0) is 11.7. The highest BCUT2D eigenvalue weighted by molar-refractivity contribution is 8.14. The highest BCUT2D eigenvalue weighted by Gasteiger charge is 2.40. The lowest BCUT2D eigenvalue weighted by Crippen LogP contribution is -2.43. The quantitative estimate of drug-likeness (QED) is 0.740. The third kappa shape index (κ3) is 2.30. The fourth-order valence-electron chi connectivity index (χ4n) is 2.92. The van der Waals surface area contributed by atoms with Crippen LogP contribution in [0.4, 0.5) is 0 Å². The number of nitrogens with zero attached hydrogens (tertiary/aromatic N) is 1. The molecule has 3 aliphatic rings. The molecule has 2 aliphatic heterocycles. The maximum atomic E-state index is 11.6. The van der Waals surface area contributed by atoms with Crippen molar-refractivity contribution in [2.75, 3.05) is 12.3 Å². The molecule has 1 amide bonds. The van der Waals surface area contributed by atoms with Gasteiger partial charge in [0.15, 0.2) is 5.17 Å². The number of rotatable bonds is 1. The number of carbonyl (C=O) groups is 1. The fourth-order valence-corrected chi connectivity index (χ4v) is 4.18. The van der Waals surface area contributed by atoms with Gasteiger partial charge < -0.3 is 10.6 Å². The Hall–Kier alpha value is -0.710. The minimum atomic E-state index is -0.157. The Balaban J connectivity index is 1.67. The molecule has 0 radical (unpaired) electrons. The van der Waals surface area contributed by atoms with Gasteiger partial charge in [0.2, 0.25) is 5.91 Å². The Bertz CT molecular complexity index is 350. The number of nitrogens with one attached hydrogen (secondary N) is 2. The van der Waals surface area contributed by atoms with Crippen molar-refractivity contribution in [3.63, 3.8) is 0 Å². The van der Waals surface area contributed by atoms with E-state index in [2.05, 4.69) is 15.6 Å². The first-order valence-corrected chi connectivity index (χ1v) is 7.53. The van der Waals surface area contributed by atoms with E-state index in [1.54, 1.807) is 11.8 Å². The van der Waals surface area contributed by atoms with Gasteiger partial charge in [-0.05, 0) is 25.7 Å². The Labute approximate surface area is 106 Å². The highest BCUT2D eigenvalue weighted by Crippen LogP contribution is 2.37. The lowest BCUT2D eigenvalue weighted by molar-refractivity contribution is -0.123. The monoisotopic (exact) mass is 253 g/mol. The van der Waals surface area contributed by atoms with E-state index in [4.69, 9.17) is 0 Å². The first kappa shape index (κ1) is 11.4. The van der Waals surface area contributed by atoms with Crippen molar-refractivity contribution in [1.29, 1.82) is 0 Å². The normalized spacial score (nSPS) is 34.0. The molecule has 3 rings (SSSR count). The van der Waals surface area contributed by atoms with Crippen molar-refractivity contribution in [3.05, 3.63) is 0 Å². The highest BCUT2D eigenvalue weighted by atomic mass is 32.2. The zero-order valence-corrected chi connectivity index (χ0v) is 10.8. The van der Waals surface area contributed by atoms with E-state index in [0.717, 1.165) is 30.3 Å². The Kier molecular flexibility index (Phi) is 3.03. The Morgan fingerprint density at radius 1 is 1.29 bits per heavy atom. The number of carbonyl (C=O) groups excluding carboxylic acids is 1. The van der Waals surface area contributed by atoms with Crippen molar-refractivity contribution >= 4 is 22.8 Å². The molecule has 94 valence electrons. The summed E-state index contributed by atoms with van der Waals surface area (Å²) in [5, 5.41) is 7.45. The van der Waals surface area contributed by atoms with Crippen LogP contribution in [0, 0.1) is 0 Å². The lowest BCUT2D eigenvalue weighted by Gasteiger charge is -2.23. The minimum Gasteiger partial charge on any atom is -0.359 e. The van der Waals surface area contributed by atoms with Gasteiger partial charge in [0.1, 0.15) is 6.04 Å². The van der Waals surface area contributed by atoms with E-state index >= 15 is 0 Å². The molecule has 1 spiro atoms. The molecule has 4 nitrogen and oxygen atoms in total. The van der Waals surface area contributed by atoms with Crippen molar-refractivity contribution in [1.82, 2.24) is 10.6 Å². The van der Waals surface area contributed by atoms with Crippen LogP contribution >= 0.6 is 11.8 Å². The summed E-state index contributed by atoms with van der Waals surface area (Å²) in [7, 11) is 0. The van der Waals surface area contributed by atoms with Crippen LogP contribution in [-0.2, 0) is 4.79 Å². The summed E-state index contributed by atoms with van der Waals surface area (Å²) in [5.41, 5.74) is 0.300. The average Bonchev–Trinajstić information content (AvgIpc) is 2.94. The first-order chi connectivity index (χ1) is 8.27. The molecule has 2 N–H and O–H groups in total. The van der Waals surface area contributed by atoms with E-state index in [0.29, 0.717) is 5.54 Å². The Morgan fingerprint density at radius 2 is 2.12 bits per heavy atom. The first-order valence-electron chi connectivity index (χ1n) is 6.54. The van der Waals surface area contributed by atoms with Gasteiger partial charge in [0.05, 0.1) is 0 Å². The summed E-state index contributed by atoms with van der Waals surface area (Å²) in [5.74, 6) is 1.22. The average molecular weight is 253 g/mol. The van der Waals surface area contributed by atoms with Gasteiger partial charge in [0, 0.05) is 17.8 Å². The maximum absolute atomic E-state index is 11.6. The molecule has 1 unspecified atom stereocenters. The summed E-state index contributed by atoms with van der Waals surface area (Å²) < 4.78 is 0. The summed E-state index contributed by atoms with van der Waals surface area (Å²) in [6.07, 6.45) is 7.11. The number of thioether (sulfide) groups is 1. The number of hydrogen-bond donors (Lipinski definition) is 2. The van der Waals surface area contributed by atoms with Crippen molar-refractivity contribution in [2.45, 2.75) is 50.1 Å². The fraction of sp³-hybridized carbons (Fsp3) is 0.833. The van der Waals surface area contributed by atoms with E-state index < -0.39 is 0 Å². The van der Waals surface area contributed by atoms with Crippen molar-refractivity contribution in [3.8, 4) is 0 Å². The third-order valence-electron chi connectivity index (χ3n) is 3.95. The minimum absolute atomic E-state index is 0.0959. The van der Waals surface area contributed by atoms with Crippen LogP contribution in [0.25, 0.3) is 0 Å². The summed E-state index contributed by atoms with van der Waals surface area (Å²) >= 11 is 1.79. The summed E-state index contributed by atoms with van der Waals surface area (Å²) in [4.78, 5) is 16.2. The van der Waals surface area contributed by atoms with Crippen LogP contribution in [0.15, 0.2) is 4.99 Å². The molecule has 0 aromatic rings. The number of aliphatic imine (C=N–C) groups is 1. The molecular formula is C12H19N3OS. The van der Waals surface area contributed by atoms with Crippen LogP contribution in [-0.4, -0.2) is 35.0 Å². The largest absolute Gasteiger partial charge is 0.359 e. The number of amidine groups is 1. The van der Waals surface area contributed by atoms with Crippen LogP contribution in [0.2, 0.25) is 0 Å². The van der Waals surface area contributed by atoms with Crippen LogP contribution in [0.1, 0.15) is 38.5 Å². The molecule has 1 saturated carbocycles. The van der Waals surface area contributed by atoms with Crippen molar-refractivity contribution < 1.29 is 4.79 Å².